The van der Waals surface area contributed by atoms with Crippen molar-refractivity contribution in [3.05, 3.63) is 51.9 Å². The molecule has 2 N–H and O–H groups in total. The molecule has 0 aliphatic rings. The topological polar surface area (TPSA) is 83.0 Å². The summed E-state index contributed by atoms with van der Waals surface area (Å²) in [7, 11) is 0. The highest BCUT2D eigenvalue weighted by Crippen LogP contribution is 2.14. The maximum absolute atomic E-state index is 11.3. The van der Waals surface area contributed by atoms with E-state index >= 15 is 0 Å². The molecule has 1 aromatic carbocycles. The molecule has 1 aromatic heterocycles. The van der Waals surface area contributed by atoms with Crippen molar-refractivity contribution in [3.63, 3.8) is 0 Å². The van der Waals surface area contributed by atoms with E-state index in [9.17, 15) is 9.59 Å². The number of aryl methyl sites for hydroxylation is 1. The first-order valence-corrected chi connectivity index (χ1v) is 4.98. The van der Waals surface area contributed by atoms with Crippen molar-refractivity contribution < 1.29 is 9.90 Å². The normalized spacial score (nSPS) is 10.2. The summed E-state index contributed by atoms with van der Waals surface area (Å²) in [5.41, 5.74) is 1.26. The molecule has 0 saturated heterocycles. The minimum absolute atomic E-state index is 0.198. The molecule has 0 amide bonds. The van der Waals surface area contributed by atoms with Crippen molar-refractivity contribution >= 4 is 5.97 Å². The predicted molar refractivity (Wildman–Crippen MR) is 62.0 cm³/mol. The number of carboxylic acids is 1. The number of carboxylic acid groups (broad SMARTS) is 1. The van der Waals surface area contributed by atoms with Crippen LogP contribution in [0.4, 0.5) is 0 Å². The summed E-state index contributed by atoms with van der Waals surface area (Å²) < 4.78 is 0. The zero-order chi connectivity index (χ0) is 12.4. The summed E-state index contributed by atoms with van der Waals surface area (Å²) in [6, 6.07) is 7.57. The van der Waals surface area contributed by atoms with Crippen LogP contribution in [0.5, 0.6) is 0 Å². The third-order valence-corrected chi connectivity index (χ3v) is 2.28. The third-order valence-electron chi connectivity index (χ3n) is 2.28. The molecule has 17 heavy (non-hydrogen) atoms. The number of aromatic nitrogens is 2. The Morgan fingerprint density at radius 3 is 2.47 bits per heavy atom. The quantitative estimate of drug-likeness (QED) is 0.817. The van der Waals surface area contributed by atoms with Crippen LogP contribution in [-0.2, 0) is 0 Å². The average Bonchev–Trinajstić information content (AvgIpc) is 2.28. The van der Waals surface area contributed by atoms with Gasteiger partial charge in [-0.3, -0.25) is 4.79 Å². The van der Waals surface area contributed by atoms with Crippen LogP contribution in [0.25, 0.3) is 11.4 Å². The highest BCUT2D eigenvalue weighted by atomic mass is 16.4. The summed E-state index contributed by atoms with van der Waals surface area (Å²) in [5, 5.41) is 8.76. The highest BCUT2D eigenvalue weighted by molar-refractivity contribution is 5.88. The van der Waals surface area contributed by atoms with Crippen molar-refractivity contribution in [2.75, 3.05) is 0 Å². The molecule has 0 aliphatic carbocycles. The van der Waals surface area contributed by atoms with E-state index in [-0.39, 0.29) is 11.1 Å². The fourth-order valence-electron chi connectivity index (χ4n) is 1.49. The first kappa shape index (κ1) is 11.1. The Morgan fingerprint density at radius 2 is 1.94 bits per heavy atom. The van der Waals surface area contributed by atoms with Gasteiger partial charge in [0, 0.05) is 17.3 Å². The van der Waals surface area contributed by atoms with Gasteiger partial charge in [-0.15, -0.1) is 0 Å². The molecule has 0 spiro atoms. The van der Waals surface area contributed by atoms with Gasteiger partial charge in [0.15, 0.2) is 0 Å². The highest BCUT2D eigenvalue weighted by Gasteiger charge is 2.05. The molecule has 5 heteroatoms. The summed E-state index contributed by atoms with van der Waals surface area (Å²) in [4.78, 5) is 28.7. The number of nitrogens with zero attached hydrogens (tertiary/aromatic N) is 1. The van der Waals surface area contributed by atoms with E-state index in [2.05, 4.69) is 9.97 Å². The number of benzene rings is 1. The van der Waals surface area contributed by atoms with Gasteiger partial charge in [-0.05, 0) is 19.1 Å². The summed E-state index contributed by atoms with van der Waals surface area (Å²) in [6.45, 7) is 1.73. The molecule has 86 valence electrons. The molecule has 0 aliphatic heterocycles. The summed E-state index contributed by atoms with van der Waals surface area (Å²) >= 11 is 0. The molecule has 5 nitrogen and oxygen atoms in total. The van der Waals surface area contributed by atoms with Crippen molar-refractivity contribution in [1.82, 2.24) is 9.97 Å². The second-order valence-electron chi connectivity index (χ2n) is 3.62. The first-order chi connectivity index (χ1) is 8.06. The van der Waals surface area contributed by atoms with Gasteiger partial charge < -0.3 is 10.1 Å². The maximum Gasteiger partial charge on any atom is 0.335 e. The van der Waals surface area contributed by atoms with Crippen molar-refractivity contribution in [2.24, 2.45) is 0 Å². The molecule has 2 rings (SSSR count). The Labute approximate surface area is 96.8 Å². The lowest BCUT2D eigenvalue weighted by Gasteiger charge is -2.02. The lowest BCUT2D eigenvalue weighted by molar-refractivity contribution is 0.0697. The van der Waals surface area contributed by atoms with E-state index in [0.717, 1.165) is 0 Å². The predicted octanol–water partition coefficient (Wildman–Crippen LogP) is 1.44. The van der Waals surface area contributed by atoms with Crippen LogP contribution < -0.4 is 5.56 Å². The van der Waals surface area contributed by atoms with Crippen LogP contribution in [0.1, 0.15) is 16.1 Å². The fourth-order valence-corrected chi connectivity index (χ4v) is 1.49. The SMILES string of the molecule is Cc1cc(=O)[nH]c(-c2ccc(C(=O)O)cc2)n1. The molecule has 0 bridgehead atoms. The molecule has 2 aromatic rings. The van der Waals surface area contributed by atoms with Crippen molar-refractivity contribution in [2.45, 2.75) is 6.92 Å². The zero-order valence-corrected chi connectivity index (χ0v) is 9.10. The number of H-pyrrole nitrogens is 1. The summed E-state index contributed by atoms with van der Waals surface area (Å²) in [5.74, 6) is -0.547. The largest absolute Gasteiger partial charge is 0.478 e. The van der Waals surface area contributed by atoms with Crippen molar-refractivity contribution in [3.8, 4) is 11.4 Å². The number of aromatic amines is 1. The zero-order valence-electron chi connectivity index (χ0n) is 9.10. The molecular formula is C12H10N2O3. The van der Waals surface area contributed by atoms with Gasteiger partial charge in [-0.1, -0.05) is 12.1 Å². The van der Waals surface area contributed by atoms with Gasteiger partial charge in [0.05, 0.1) is 5.56 Å². The molecule has 0 unspecified atom stereocenters. The molecule has 0 radical (unpaired) electrons. The Bertz CT molecular complexity index is 614. The Balaban J connectivity index is 2.46. The van der Waals surface area contributed by atoms with Crippen LogP contribution in [0, 0.1) is 6.92 Å². The van der Waals surface area contributed by atoms with E-state index in [1.165, 1.54) is 18.2 Å². The third kappa shape index (κ3) is 2.39. The van der Waals surface area contributed by atoms with Gasteiger partial charge in [0.2, 0.25) is 0 Å². The molecule has 1 heterocycles. The fraction of sp³-hybridized carbons (Fsp3) is 0.0833. The maximum atomic E-state index is 11.3. The van der Waals surface area contributed by atoms with E-state index in [1.54, 1.807) is 19.1 Å². The number of carbonyl (C=O) groups is 1. The van der Waals surface area contributed by atoms with Gasteiger partial charge in [-0.25, -0.2) is 9.78 Å². The molecular weight excluding hydrogens is 220 g/mol. The second kappa shape index (κ2) is 4.21. The van der Waals surface area contributed by atoms with Gasteiger partial charge in [0.1, 0.15) is 5.82 Å². The minimum Gasteiger partial charge on any atom is -0.478 e. The van der Waals surface area contributed by atoms with E-state index in [1.807, 2.05) is 0 Å². The van der Waals surface area contributed by atoms with Gasteiger partial charge >= 0.3 is 5.97 Å². The molecule has 0 fully saturated rings. The lowest BCUT2D eigenvalue weighted by atomic mass is 10.1. The van der Waals surface area contributed by atoms with Crippen LogP contribution in [0.15, 0.2) is 35.1 Å². The Kier molecular flexibility index (Phi) is 2.74. The van der Waals surface area contributed by atoms with E-state index in [0.29, 0.717) is 17.1 Å². The van der Waals surface area contributed by atoms with Crippen LogP contribution in [0.3, 0.4) is 0 Å². The number of rotatable bonds is 2. The van der Waals surface area contributed by atoms with Crippen LogP contribution in [0.2, 0.25) is 0 Å². The molecule has 0 atom stereocenters. The standard InChI is InChI=1S/C12H10N2O3/c1-7-6-10(15)14-11(13-7)8-2-4-9(5-3-8)12(16)17/h2-6H,1H3,(H,16,17)(H,13,14,15). The summed E-state index contributed by atoms with van der Waals surface area (Å²) in [6.07, 6.45) is 0. The molecule has 0 saturated carbocycles. The minimum atomic E-state index is -0.984. The van der Waals surface area contributed by atoms with Crippen LogP contribution >= 0.6 is 0 Å². The number of hydrogen-bond acceptors (Lipinski definition) is 3. The lowest BCUT2D eigenvalue weighted by Crippen LogP contribution is -2.08. The Hall–Kier alpha value is -2.43. The van der Waals surface area contributed by atoms with Crippen molar-refractivity contribution in [1.29, 1.82) is 0 Å². The second-order valence-corrected chi connectivity index (χ2v) is 3.62. The monoisotopic (exact) mass is 230 g/mol. The van der Waals surface area contributed by atoms with Gasteiger partial charge in [-0.2, -0.15) is 0 Å². The number of nitrogens with one attached hydrogen (secondary N) is 1. The van der Waals surface area contributed by atoms with E-state index < -0.39 is 5.97 Å². The first-order valence-electron chi connectivity index (χ1n) is 4.98. The Morgan fingerprint density at radius 1 is 1.29 bits per heavy atom. The van der Waals surface area contributed by atoms with Crippen LogP contribution in [-0.4, -0.2) is 21.0 Å². The average molecular weight is 230 g/mol. The van der Waals surface area contributed by atoms with E-state index in [4.69, 9.17) is 5.11 Å². The number of hydrogen-bond donors (Lipinski definition) is 2. The smallest absolute Gasteiger partial charge is 0.335 e. The number of aromatic carboxylic acids is 1. The van der Waals surface area contributed by atoms with Gasteiger partial charge in [0.25, 0.3) is 5.56 Å².